The number of aliphatic hydroxyl groups excluding tert-OH is 2. The van der Waals surface area contributed by atoms with Gasteiger partial charge in [0.25, 0.3) is 0 Å². The van der Waals surface area contributed by atoms with Gasteiger partial charge < -0.3 is 57.8 Å². The largest absolute Gasteiger partial charge is 0.462 e. The number of nitrogens with zero attached hydrogens (tertiary/aromatic N) is 1. The Morgan fingerprint density at radius 2 is 1.70 bits per heavy atom. The van der Waals surface area contributed by atoms with E-state index in [-0.39, 0.29) is 37.6 Å². The van der Waals surface area contributed by atoms with Gasteiger partial charge in [0.2, 0.25) is 0 Å². The van der Waals surface area contributed by atoms with Crippen molar-refractivity contribution in [2.45, 2.75) is 174 Å². The summed E-state index contributed by atoms with van der Waals surface area (Å²) in [6.07, 6.45) is -2.04. The number of cyclic esters (lactones) is 1. The molecule has 15 nitrogen and oxygen atoms in total. The average Bonchev–Trinajstić information content (AvgIpc) is 3.09. The van der Waals surface area contributed by atoms with Crippen molar-refractivity contribution in [3.05, 3.63) is 24.3 Å². The van der Waals surface area contributed by atoms with Gasteiger partial charge in [0, 0.05) is 45.1 Å². The third kappa shape index (κ3) is 13.1. The van der Waals surface area contributed by atoms with E-state index in [4.69, 9.17) is 37.9 Å². The highest BCUT2D eigenvalue weighted by atomic mass is 16.7. The Kier molecular flexibility index (Phi) is 18.6. The average molecular weight is 798 g/mol. The van der Waals surface area contributed by atoms with Crippen LogP contribution in [0.3, 0.4) is 0 Å². The van der Waals surface area contributed by atoms with E-state index in [9.17, 15) is 29.4 Å². The van der Waals surface area contributed by atoms with Crippen LogP contribution in [0.1, 0.15) is 93.9 Å². The van der Waals surface area contributed by atoms with Gasteiger partial charge in [-0.25, -0.2) is 0 Å². The van der Waals surface area contributed by atoms with E-state index in [0.717, 1.165) is 6.29 Å². The Balaban J connectivity index is 2.00. The van der Waals surface area contributed by atoms with E-state index in [2.05, 4.69) is 0 Å². The molecule has 3 aliphatic rings. The Hall–Kier alpha value is -2.76. The number of carbonyl (C=O) groups excluding carboxylic acids is 4. The predicted octanol–water partition coefficient (Wildman–Crippen LogP) is 3.65. The normalized spacial score (nSPS) is 39.9. The number of aldehydes is 1. The molecular formula is C41H67NO14. The minimum absolute atomic E-state index is 0.0533. The summed E-state index contributed by atoms with van der Waals surface area (Å²) in [5.74, 6) is -2.68. The lowest BCUT2D eigenvalue weighted by atomic mass is 9.78. The fourth-order valence-corrected chi connectivity index (χ4v) is 8.03. The number of aliphatic hydroxyl groups is 2. The van der Waals surface area contributed by atoms with Crippen molar-refractivity contribution in [3.63, 3.8) is 0 Å². The minimum atomic E-state index is -1.33. The first kappa shape index (κ1) is 47.6. The molecule has 2 fully saturated rings. The molecular weight excluding hydrogens is 730 g/mol. The van der Waals surface area contributed by atoms with Gasteiger partial charge in [-0.15, -0.1) is 0 Å². The topological polar surface area (TPSA) is 186 Å². The lowest BCUT2D eigenvalue weighted by Gasteiger charge is -2.50. The Morgan fingerprint density at radius 1 is 1.00 bits per heavy atom. The number of ether oxygens (including phenoxy) is 8. The van der Waals surface area contributed by atoms with Gasteiger partial charge in [0.1, 0.15) is 42.9 Å². The molecule has 0 bridgehead atoms. The van der Waals surface area contributed by atoms with E-state index < -0.39 is 103 Å². The lowest BCUT2D eigenvalue weighted by Crippen LogP contribution is -2.65. The molecule has 0 amide bonds. The van der Waals surface area contributed by atoms with Gasteiger partial charge in [-0.3, -0.25) is 14.4 Å². The number of likely N-dealkylation sites (N-methyl/N-ethyl adjacent to an activating group) is 1. The van der Waals surface area contributed by atoms with Crippen molar-refractivity contribution in [2.24, 2.45) is 17.3 Å². The van der Waals surface area contributed by atoms with E-state index in [1.807, 2.05) is 38.7 Å². The molecule has 0 unspecified atom stereocenters. The fourth-order valence-electron chi connectivity index (χ4n) is 8.03. The molecule has 15 heteroatoms. The number of methoxy groups -OCH3 is 1. The molecule has 2 N–H and O–H groups in total. The summed E-state index contributed by atoms with van der Waals surface area (Å²) in [6.45, 7) is 14.1. The molecule has 0 aromatic carbocycles. The third-order valence-corrected chi connectivity index (χ3v) is 10.9. The van der Waals surface area contributed by atoms with Crippen molar-refractivity contribution < 1.29 is 67.3 Å². The first-order chi connectivity index (χ1) is 26.3. The highest BCUT2D eigenvalue weighted by molar-refractivity contribution is 5.72. The van der Waals surface area contributed by atoms with Gasteiger partial charge in [-0.2, -0.15) is 0 Å². The quantitative estimate of drug-likeness (QED) is 0.175. The number of carbonyl (C=O) groups is 4. The highest BCUT2D eigenvalue weighted by Gasteiger charge is 2.52. The zero-order valence-electron chi connectivity index (χ0n) is 35.0. The van der Waals surface area contributed by atoms with E-state index in [0.29, 0.717) is 12.8 Å². The van der Waals surface area contributed by atoms with Crippen LogP contribution in [0.4, 0.5) is 0 Å². The third-order valence-electron chi connectivity index (χ3n) is 10.9. The van der Waals surface area contributed by atoms with Gasteiger partial charge in [0.15, 0.2) is 12.6 Å². The summed E-state index contributed by atoms with van der Waals surface area (Å²) < 4.78 is 49.0. The van der Waals surface area contributed by atoms with Gasteiger partial charge >= 0.3 is 17.9 Å². The van der Waals surface area contributed by atoms with Gasteiger partial charge in [-0.05, 0) is 53.1 Å². The molecule has 3 rings (SSSR count). The maximum Gasteiger partial charge on any atom is 0.309 e. The standard InChI is InChI=1S/C41H67NO14/c1-12-31(46)54-39-26(5)51-33(22-41(39,7)8)55-36-25(4)52-40(35(48)34(36)42(9)10)56-37-28(18-19-43)20-23(2)29(45)17-15-13-14-16-24(3)50-32(47)21-30(38(37)49-11)53-27(6)44/h13-15,17,19,23-26,28-30,33-40,45,48H,12,16,18,20-22H2,1-11H3/b14-13+,17-15-/t23-,24-,25-,26+,28+,29+,30-,33+,34-,35-,36-,37+,38+,39+,40+/m1/s1. The molecule has 0 aromatic rings. The number of rotatable bonds is 11. The molecule has 56 heavy (non-hydrogen) atoms. The van der Waals surface area contributed by atoms with Crippen LogP contribution in [0.25, 0.3) is 0 Å². The van der Waals surface area contributed by atoms with Crippen LogP contribution in [0.15, 0.2) is 24.3 Å². The summed E-state index contributed by atoms with van der Waals surface area (Å²) in [4.78, 5) is 52.0. The lowest BCUT2D eigenvalue weighted by molar-refractivity contribution is -0.340. The highest BCUT2D eigenvalue weighted by Crippen LogP contribution is 2.41. The molecule has 320 valence electrons. The summed E-state index contributed by atoms with van der Waals surface area (Å²) in [7, 11) is 4.96. The SMILES string of the molecule is CCC(=O)O[C@H]1[C@H](C)O[C@@H](O[C@H]2[C@H](N(C)C)[C@@H](O)[C@H](O[C@H]3[C@@H](CC=O)C[C@@H](C)[C@@H](O)/C=C\C=C\C[C@@H](C)OC(=O)C[C@@H](OC(C)=O)[C@@H]3OC)O[C@@H]2C)CC1(C)C. The van der Waals surface area contributed by atoms with Crippen molar-refractivity contribution in [1.29, 1.82) is 0 Å². The molecule has 0 saturated carbocycles. The minimum Gasteiger partial charge on any atom is -0.462 e. The van der Waals surface area contributed by atoms with Crippen LogP contribution in [-0.4, -0.2) is 140 Å². The second-order valence-electron chi connectivity index (χ2n) is 16.4. The number of hydrogen-bond acceptors (Lipinski definition) is 15. The zero-order chi connectivity index (χ0) is 41.9. The summed E-state index contributed by atoms with van der Waals surface area (Å²) in [5, 5.41) is 23.1. The fraction of sp³-hybridized carbons (Fsp3) is 0.805. The first-order valence-electron chi connectivity index (χ1n) is 19.8. The summed E-state index contributed by atoms with van der Waals surface area (Å²) in [5.41, 5.74) is -0.489. The number of allylic oxidation sites excluding steroid dienone is 2. The molecule has 0 radical (unpaired) electrons. The van der Waals surface area contributed by atoms with Crippen LogP contribution in [0, 0.1) is 17.3 Å². The van der Waals surface area contributed by atoms with E-state index in [1.165, 1.54) is 14.0 Å². The van der Waals surface area contributed by atoms with Crippen LogP contribution < -0.4 is 0 Å². The Morgan fingerprint density at radius 3 is 2.29 bits per heavy atom. The molecule has 3 aliphatic heterocycles. The van der Waals surface area contributed by atoms with Gasteiger partial charge in [0.05, 0.1) is 36.9 Å². The van der Waals surface area contributed by atoms with Crippen LogP contribution in [0.2, 0.25) is 0 Å². The second-order valence-corrected chi connectivity index (χ2v) is 16.4. The van der Waals surface area contributed by atoms with Crippen molar-refractivity contribution >= 4 is 24.2 Å². The second kappa shape index (κ2) is 21.8. The Bertz CT molecular complexity index is 1340. The van der Waals surface area contributed by atoms with Crippen molar-refractivity contribution in [1.82, 2.24) is 4.90 Å². The zero-order valence-corrected chi connectivity index (χ0v) is 35.0. The van der Waals surface area contributed by atoms with Crippen LogP contribution in [0.5, 0.6) is 0 Å². The van der Waals surface area contributed by atoms with E-state index in [1.54, 1.807) is 53.1 Å². The summed E-state index contributed by atoms with van der Waals surface area (Å²) in [6, 6.07) is -0.696. The molecule has 3 heterocycles. The number of esters is 3. The van der Waals surface area contributed by atoms with Crippen molar-refractivity contribution in [3.8, 4) is 0 Å². The van der Waals surface area contributed by atoms with Crippen molar-refractivity contribution in [2.75, 3.05) is 21.2 Å². The maximum absolute atomic E-state index is 13.2. The number of hydrogen-bond donors (Lipinski definition) is 2. The maximum atomic E-state index is 13.2. The molecule has 0 aliphatic carbocycles. The Labute approximate surface area is 332 Å². The van der Waals surface area contributed by atoms with E-state index >= 15 is 0 Å². The van der Waals surface area contributed by atoms with Crippen LogP contribution >= 0.6 is 0 Å². The predicted molar refractivity (Wildman–Crippen MR) is 204 cm³/mol. The monoisotopic (exact) mass is 797 g/mol. The first-order valence-corrected chi connectivity index (χ1v) is 19.8. The van der Waals surface area contributed by atoms with Crippen LogP contribution in [-0.2, 0) is 57.1 Å². The molecule has 2 saturated heterocycles. The summed E-state index contributed by atoms with van der Waals surface area (Å²) >= 11 is 0. The van der Waals surface area contributed by atoms with Gasteiger partial charge in [-0.1, -0.05) is 52.0 Å². The molecule has 15 atom stereocenters. The smallest absolute Gasteiger partial charge is 0.309 e. The molecule has 0 aromatic heterocycles. The molecule has 0 spiro atoms.